The van der Waals surface area contributed by atoms with Crippen LogP contribution >= 0.6 is 0 Å². The largest absolute Gasteiger partial charge is 0.393 e. The maximum absolute atomic E-state index is 12.8. The van der Waals surface area contributed by atoms with Gasteiger partial charge in [-0.1, -0.05) is 5.21 Å². The third-order valence-corrected chi connectivity index (χ3v) is 4.66. The number of alkyl halides is 2. The minimum atomic E-state index is -2.68. The van der Waals surface area contributed by atoms with E-state index in [2.05, 4.69) is 25.6 Å². The summed E-state index contributed by atoms with van der Waals surface area (Å²) in [6.07, 6.45) is 0.259. The lowest BCUT2D eigenvalue weighted by atomic mass is 9.99. The van der Waals surface area contributed by atoms with E-state index in [1.54, 1.807) is 19.2 Å². The monoisotopic (exact) mass is 404 g/mol. The molecule has 3 aromatic rings. The Morgan fingerprint density at radius 1 is 1.28 bits per heavy atom. The van der Waals surface area contributed by atoms with Gasteiger partial charge in [0.05, 0.1) is 18.8 Å². The summed E-state index contributed by atoms with van der Waals surface area (Å²) in [6, 6.07) is 6.16. The average Bonchev–Trinajstić information content (AvgIpc) is 3.17. The lowest BCUT2D eigenvalue weighted by Gasteiger charge is -2.27. The number of nitrogens with zero attached hydrogens (tertiary/aromatic N) is 5. The van der Waals surface area contributed by atoms with Crippen molar-refractivity contribution >= 4 is 11.6 Å². The van der Waals surface area contributed by atoms with Gasteiger partial charge in [-0.3, -0.25) is 0 Å². The van der Waals surface area contributed by atoms with Crippen LogP contribution in [-0.2, 0) is 0 Å². The zero-order chi connectivity index (χ0) is 21.2. The Hall–Kier alpha value is -2.98. The quantitative estimate of drug-likeness (QED) is 0.555. The minimum absolute atomic E-state index is 0.0654. The van der Waals surface area contributed by atoms with E-state index in [1.165, 1.54) is 17.8 Å². The van der Waals surface area contributed by atoms with Crippen molar-refractivity contribution in [2.24, 2.45) is 0 Å². The first kappa shape index (κ1) is 20.7. The van der Waals surface area contributed by atoms with Crippen molar-refractivity contribution in [3.05, 3.63) is 47.9 Å². The van der Waals surface area contributed by atoms with Gasteiger partial charge in [-0.15, -0.1) is 5.10 Å². The molecule has 0 amide bonds. The van der Waals surface area contributed by atoms with E-state index in [0.717, 1.165) is 17.2 Å². The molecule has 0 spiro atoms. The van der Waals surface area contributed by atoms with E-state index in [4.69, 9.17) is 0 Å². The van der Waals surface area contributed by atoms with Gasteiger partial charge in [0, 0.05) is 17.4 Å². The third kappa shape index (κ3) is 4.72. The van der Waals surface area contributed by atoms with Crippen molar-refractivity contribution in [3.8, 4) is 11.3 Å². The zero-order valence-electron chi connectivity index (χ0n) is 16.2. The van der Waals surface area contributed by atoms with Gasteiger partial charge >= 0.3 is 0 Å². The fourth-order valence-electron chi connectivity index (χ4n) is 2.70. The lowest BCUT2D eigenvalue weighted by molar-refractivity contribution is -0.0393. The number of benzene rings is 1. The van der Waals surface area contributed by atoms with Crippen LogP contribution in [0.25, 0.3) is 11.3 Å². The Morgan fingerprint density at radius 2 is 2.03 bits per heavy atom. The summed E-state index contributed by atoms with van der Waals surface area (Å²) >= 11 is 0. The smallest absolute Gasteiger partial charge is 0.280 e. The molecule has 8 nitrogen and oxygen atoms in total. The number of hydrogen-bond donors (Lipinski definition) is 3. The molecule has 0 saturated heterocycles. The van der Waals surface area contributed by atoms with E-state index in [-0.39, 0.29) is 11.6 Å². The van der Waals surface area contributed by atoms with Gasteiger partial charge in [-0.25, -0.2) is 23.4 Å². The van der Waals surface area contributed by atoms with Crippen LogP contribution < -0.4 is 5.32 Å². The molecule has 0 fully saturated rings. The molecule has 0 radical (unpaired) electrons. The van der Waals surface area contributed by atoms with E-state index in [0.29, 0.717) is 11.4 Å². The van der Waals surface area contributed by atoms with Gasteiger partial charge < -0.3 is 15.5 Å². The van der Waals surface area contributed by atoms with Crippen LogP contribution in [0.15, 0.2) is 36.7 Å². The predicted octanol–water partition coefficient (Wildman–Crippen LogP) is 3.03. The van der Waals surface area contributed by atoms with E-state index >= 15 is 0 Å². The van der Waals surface area contributed by atoms with Gasteiger partial charge in [0.1, 0.15) is 17.0 Å². The van der Waals surface area contributed by atoms with Crippen LogP contribution in [0.2, 0.25) is 0 Å². The molecule has 0 bridgehead atoms. The van der Waals surface area contributed by atoms with Crippen LogP contribution in [0.3, 0.4) is 0 Å². The highest BCUT2D eigenvalue weighted by Gasteiger charge is 2.30. The van der Waals surface area contributed by atoms with Crippen molar-refractivity contribution in [1.82, 2.24) is 25.0 Å². The number of rotatable bonds is 7. The summed E-state index contributed by atoms with van der Waals surface area (Å²) in [7, 11) is 0. The van der Waals surface area contributed by atoms with Crippen LogP contribution in [0.5, 0.6) is 0 Å². The van der Waals surface area contributed by atoms with Crippen molar-refractivity contribution in [1.29, 1.82) is 0 Å². The Morgan fingerprint density at radius 3 is 2.72 bits per heavy atom. The van der Waals surface area contributed by atoms with Crippen LogP contribution in [-0.4, -0.2) is 47.4 Å². The van der Waals surface area contributed by atoms with Crippen LogP contribution in [0, 0.1) is 6.92 Å². The Labute approximate surface area is 166 Å². The molecule has 29 heavy (non-hydrogen) atoms. The van der Waals surface area contributed by atoms with Crippen LogP contribution in [0.1, 0.15) is 37.6 Å². The molecule has 10 heteroatoms. The Bertz CT molecular complexity index is 992. The van der Waals surface area contributed by atoms with Gasteiger partial charge in [0.15, 0.2) is 0 Å². The number of hydrogen-bond acceptors (Lipinski definition) is 7. The van der Waals surface area contributed by atoms with Gasteiger partial charge in [0.2, 0.25) is 5.95 Å². The zero-order valence-corrected chi connectivity index (χ0v) is 16.2. The average molecular weight is 404 g/mol. The first-order chi connectivity index (χ1) is 13.7. The fourth-order valence-corrected chi connectivity index (χ4v) is 2.70. The Kier molecular flexibility index (Phi) is 5.85. The molecule has 0 aliphatic carbocycles. The third-order valence-electron chi connectivity index (χ3n) is 4.66. The topological polar surface area (TPSA) is 109 Å². The number of halogens is 2. The molecule has 2 heterocycles. The fraction of sp³-hybridized carbons (Fsp3) is 0.368. The second-order valence-corrected chi connectivity index (χ2v) is 7.09. The maximum atomic E-state index is 12.8. The highest BCUT2D eigenvalue weighted by Crippen LogP contribution is 2.27. The number of anilines is 2. The second-order valence-electron chi connectivity index (χ2n) is 7.09. The number of nitrogens with one attached hydrogen (secondary N) is 1. The predicted molar refractivity (Wildman–Crippen MR) is 103 cm³/mol. The summed E-state index contributed by atoms with van der Waals surface area (Å²) in [4.78, 5) is 7.78. The van der Waals surface area contributed by atoms with E-state index in [9.17, 15) is 19.0 Å². The molecule has 3 rings (SSSR count). The van der Waals surface area contributed by atoms with Gasteiger partial charge in [-0.2, -0.15) is 0 Å². The summed E-state index contributed by atoms with van der Waals surface area (Å²) in [5, 5.41) is 30.7. The minimum Gasteiger partial charge on any atom is -0.393 e. The van der Waals surface area contributed by atoms with E-state index in [1.807, 2.05) is 19.1 Å². The van der Waals surface area contributed by atoms with Crippen molar-refractivity contribution in [2.45, 2.75) is 38.8 Å². The summed E-state index contributed by atoms with van der Waals surface area (Å²) in [5.74, 6) is 0.0654. The highest BCUT2D eigenvalue weighted by molar-refractivity contribution is 5.68. The summed E-state index contributed by atoms with van der Waals surface area (Å²) in [5.41, 5.74) is 1.09. The molecule has 2 atom stereocenters. The van der Waals surface area contributed by atoms with Crippen molar-refractivity contribution in [2.75, 3.05) is 11.9 Å². The molecule has 2 aromatic heterocycles. The number of aliphatic hydroxyl groups excluding tert-OH is 1. The molecular weight excluding hydrogens is 382 g/mol. The number of aromatic nitrogens is 5. The lowest BCUT2D eigenvalue weighted by Crippen LogP contribution is -2.38. The second kappa shape index (κ2) is 8.18. The molecule has 0 aliphatic heterocycles. The summed E-state index contributed by atoms with van der Waals surface area (Å²) < 4.78 is 27.2. The molecule has 1 aromatic carbocycles. The maximum Gasteiger partial charge on any atom is 0.280 e. The summed E-state index contributed by atoms with van der Waals surface area (Å²) in [6.45, 7) is 4.71. The van der Waals surface area contributed by atoms with Gasteiger partial charge in [0.25, 0.3) is 6.43 Å². The van der Waals surface area contributed by atoms with Crippen molar-refractivity contribution in [3.63, 3.8) is 0 Å². The molecule has 3 N–H and O–H groups in total. The highest BCUT2D eigenvalue weighted by atomic mass is 19.3. The molecule has 154 valence electrons. The Balaban J connectivity index is 1.87. The normalized spacial score (nSPS) is 14.6. The first-order valence-corrected chi connectivity index (χ1v) is 8.95. The first-order valence-electron chi connectivity index (χ1n) is 8.95. The van der Waals surface area contributed by atoms with Crippen molar-refractivity contribution < 1.29 is 19.0 Å². The molecule has 0 unspecified atom stereocenters. The molecule has 0 saturated carbocycles. The van der Waals surface area contributed by atoms with Gasteiger partial charge in [-0.05, 0) is 50.6 Å². The molecular formula is C19H22F2N6O2. The van der Waals surface area contributed by atoms with E-state index < -0.39 is 24.7 Å². The number of aliphatic hydroxyl groups is 2. The SMILES string of the molecule is Cc1cc(Nc2nccc(C(F)F)n2)cc(-c2cn([C@@H](C)[C@](C)(O)CO)nn2)c1. The molecule has 0 aliphatic rings. The standard InChI is InChI=1S/C19H22F2N6O2/c1-11-6-13(16-9-27(26-25-16)12(2)19(3,29)10-28)8-14(7-11)23-18-22-5-4-15(24-18)17(20)21/h4-9,12,17,28-29H,10H2,1-3H3,(H,22,23,24)/t12-,19+/m0/s1. The number of aryl methyl sites for hydroxylation is 1. The van der Waals surface area contributed by atoms with Crippen LogP contribution in [0.4, 0.5) is 20.4 Å².